The maximum absolute atomic E-state index is 2.48. The second-order valence-corrected chi connectivity index (χ2v) is 13.6. The van der Waals surface area contributed by atoms with Gasteiger partial charge in [-0.2, -0.15) is 0 Å². The van der Waals surface area contributed by atoms with E-state index in [0.717, 1.165) is 0 Å². The van der Waals surface area contributed by atoms with Gasteiger partial charge in [0.25, 0.3) is 0 Å². The zero-order valence-electron chi connectivity index (χ0n) is 14.2. The Bertz CT molecular complexity index is 805. The highest BCUT2D eigenvalue weighted by molar-refractivity contribution is 6.76. The Labute approximate surface area is 140 Å². The van der Waals surface area contributed by atoms with Crippen LogP contribution in [-0.4, -0.2) is 8.07 Å². The summed E-state index contributed by atoms with van der Waals surface area (Å²) in [6.45, 7) is 7.44. The molecule has 0 saturated carbocycles. The summed E-state index contributed by atoms with van der Waals surface area (Å²) in [5.41, 5.74) is 7.50. The highest BCUT2D eigenvalue weighted by Crippen LogP contribution is 2.51. The molecule has 0 spiro atoms. The third-order valence-corrected chi connectivity index (χ3v) is 6.47. The molecule has 2 aliphatic carbocycles. The summed E-state index contributed by atoms with van der Waals surface area (Å²) < 4.78 is 0. The van der Waals surface area contributed by atoms with Crippen molar-refractivity contribution in [3.8, 4) is 0 Å². The molecule has 0 aliphatic heterocycles. The van der Waals surface area contributed by atoms with E-state index in [2.05, 4.69) is 86.4 Å². The molecule has 4 rings (SSSR count). The van der Waals surface area contributed by atoms with Gasteiger partial charge in [-0.05, 0) is 28.3 Å². The SMILES string of the molecule is C[Si](C)(C)CC1=Cc2ccccc2C1C1C=Cc2ccccc21. The van der Waals surface area contributed by atoms with Crippen molar-refractivity contribution < 1.29 is 0 Å². The van der Waals surface area contributed by atoms with E-state index in [-0.39, 0.29) is 0 Å². The average Bonchev–Trinajstić information content (AvgIpc) is 3.06. The normalized spacial score (nSPS) is 22.0. The highest BCUT2D eigenvalue weighted by Gasteiger charge is 2.35. The fraction of sp³-hybridized carbons (Fsp3) is 0.273. The van der Waals surface area contributed by atoms with Gasteiger partial charge in [0.05, 0.1) is 0 Å². The molecule has 0 fully saturated rings. The van der Waals surface area contributed by atoms with E-state index in [1.54, 1.807) is 5.57 Å². The van der Waals surface area contributed by atoms with Crippen molar-refractivity contribution in [3.63, 3.8) is 0 Å². The van der Waals surface area contributed by atoms with Gasteiger partial charge in [0, 0.05) is 19.9 Å². The quantitative estimate of drug-likeness (QED) is 0.581. The third-order valence-electron chi connectivity index (χ3n) is 5.00. The van der Waals surface area contributed by atoms with Gasteiger partial charge in [-0.15, -0.1) is 0 Å². The van der Waals surface area contributed by atoms with Crippen molar-refractivity contribution in [1.29, 1.82) is 0 Å². The van der Waals surface area contributed by atoms with Crippen molar-refractivity contribution in [2.24, 2.45) is 0 Å². The molecule has 0 nitrogen and oxygen atoms in total. The first-order valence-electron chi connectivity index (χ1n) is 8.59. The van der Waals surface area contributed by atoms with Crippen LogP contribution in [0, 0.1) is 0 Å². The molecule has 2 atom stereocenters. The minimum Gasteiger partial charge on any atom is -0.0754 e. The summed E-state index contributed by atoms with van der Waals surface area (Å²) in [5.74, 6) is 1.02. The molecule has 2 aromatic carbocycles. The molecule has 1 heteroatoms. The lowest BCUT2D eigenvalue weighted by Crippen LogP contribution is -2.22. The molecule has 0 bridgehead atoms. The van der Waals surface area contributed by atoms with E-state index in [1.807, 2.05) is 0 Å². The minimum atomic E-state index is -1.14. The van der Waals surface area contributed by atoms with Crippen molar-refractivity contribution in [2.75, 3.05) is 0 Å². The lowest BCUT2D eigenvalue weighted by atomic mass is 9.81. The number of allylic oxidation sites excluding steroid dienone is 2. The van der Waals surface area contributed by atoms with E-state index in [0.29, 0.717) is 11.8 Å². The Morgan fingerprint density at radius 2 is 1.48 bits per heavy atom. The maximum Gasteiger partial charge on any atom is 0.0483 e. The molecule has 2 aromatic rings. The van der Waals surface area contributed by atoms with Gasteiger partial charge < -0.3 is 0 Å². The van der Waals surface area contributed by atoms with Gasteiger partial charge in [-0.3, -0.25) is 0 Å². The predicted molar refractivity (Wildman–Crippen MR) is 104 cm³/mol. The molecule has 0 radical (unpaired) electrons. The minimum absolute atomic E-state index is 0.498. The standard InChI is InChI=1S/C22H24Si/c1-23(2,3)15-18-14-17-9-5-7-11-20(17)22(18)21-13-12-16-8-4-6-10-19(16)21/h4-14,21-22H,15H2,1-3H3. The molecular weight excluding hydrogens is 292 g/mol. The van der Waals surface area contributed by atoms with Crippen LogP contribution in [0.2, 0.25) is 25.7 Å². The van der Waals surface area contributed by atoms with Crippen molar-refractivity contribution in [1.82, 2.24) is 0 Å². The van der Waals surface area contributed by atoms with Crippen LogP contribution in [-0.2, 0) is 0 Å². The van der Waals surface area contributed by atoms with Crippen LogP contribution in [0.25, 0.3) is 12.2 Å². The molecule has 0 heterocycles. The largest absolute Gasteiger partial charge is 0.0754 e. The first-order valence-corrected chi connectivity index (χ1v) is 12.3. The number of fused-ring (bicyclic) bond motifs is 2. The second kappa shape index (κ2) is 5.35. The number of hydrogen-bond acceptors (Lipinski definition) is 0. The summed E-state index contributed by atoms with van der Waals surface area (Å²) in [6, 6.07) is 19.2. The highest BCUT2D eigenvalue weighted by atomic mass is 28.3. The molecule has 2 unspecified atom stereocenters. The Kier molecular flexibility index (Phi) is 3.42. The number of hydrogen-bond donors (Lipinski definition) is 0. The summed E-state index contributed by atoms with van der Waals surface area (Å²) in [6.07, 6.45) is 7.22. The molecule has 0 aromatic heterocycles. The van der Waals surface area contributed by atoms with Crippen molar-refractivity contribution in [2.45, 2.75) is 37.5 Å². The number of benzene rings is 2. The third kappa shape index (κ3) is 2.64. The van der Waals surface area contributed by atoms with Crippen LogP contribution < -0.4 is 0 Å². The molecule has 0 N–H and O–H groups in total. The molecule has 0 amide bonds. The lowest BCUT2D eigenvalue weighted by Gasteiger charge is -2.27. The summed E-state index contributed by atoms with van der Waals surface area (Å²) in [4.78, 5) is 0. The fourth-order valence-electron chi connectivity index (χ4n) is 4.18. The summed E-state index contributed by atoms with van der Waals surface area (Å²) in [7, 11) is -1.14. The van der Waals surface area contributed by atoms with Crippen molar-refractivity contribution >= 4 is 20.2 Å². The van der Waals surface area contributed by atoms with E-state index in [1.165, 1.54) is 28.3 Å². The van der Waals surface area contributed by atoms with E-state index in [4.69, 9.17) is 0 Å². The van der Waals surface area contributed by atoms with Crippen LogP contribution in [0.5, 0.6) is 0 Å². The lowest BCUT2D eigenvalue weighted by molar-refractivity contribution is 0.721. The zero-order valence-corrected chi connectivity index (χ0v) is 15.2. The second-order valence-electron chi connectivity index (χ2n) is 8.08. The Morgan fingerprint density at radius 3 is 2.22 bits per heavy atom. The first kappa shape index (κ1) is 14.7. The van der Waals surface area contributed by atoms with Gasteiger partial charge in [-0.1, -0.05) is 92.0 Å². The molecule has 0 saturated heterocycles. The number of rotatable bonds is 3. The van der Waals surface area contributed by atoms with Crippen LogP contribution in [0.15, 0.2) is 60.2 Å². The van der Waals surface area contributed by atoms with Crippen molar-refractivity contribution in [3.05, 3.63) is 82.4 Å². The predicted octanol–water partition coefficient (Wildman–Crippen LogP) is 6.32. The topological polar surface area (TPSA) is 0 Å². The van der Waals surface area contributed by atoms with Crippen LogP contribution in [0.4, 0.5) is 0 Å². The summed E-state index contributed by atoms with van der Waals surface area (Å²) >= 11 is 0. The molecule has 23 heavy (non-hydrogen) atoms. The molecular formula is C22H24Si. The van der Waals surface area contributed by atoms with Gasteiger partial charge in [-0.25, -0.2) is 0 Å². The van der Waals surface area contributed by atoms with Gasteiger partial charge in [0.2, 0.25) is 0 Å². The van der Waals surface area contributed by atoms with Gasteiger partial charge in [0.15, 0.2) is 0 Å². The average molecular weight is 317 g/mol. The summed E-state index contributed by atoms with van der Waals surface area (Å²) in [5, 5.41) is 0. The zero-order chi connectivity index (χ0) is 16.0. The van der Waals surface area contributed by atoms with E-state index < -0.39 is 8.07 Å². The van der Waals surface area contributed by atoms with Gasteiger partial charge >= 0.3 is 0 Å². The Hall–Kier alpha value is -1.86. The van der Waals surface area contributed by atoms with Gasteiger partial charge in [0.1, 0.15) is 0 Å². The Morgan fingerprint density at radius 1 is 0.826 bits per heavy atom. The molecule has 116 valence electrons. The fourth-order valence-corrected chi connectivity index (χ4v) is 5.73. The Balaban J connectivity index is 1.79. The molecule has 2 aliphatic rings. The monoisotopic (exact) mass is 316 g/mol. The van der Waals surface area contributed by atoms with Crippen LogP contribution in [0.3, 0.4) is 0 Å². The van der Waals surface area contributed by atoms with Crippen LogP contribution in [0.1, 0.15) is 34.1 Å². The first-order chi connectivity index (χ1) is 11.0. The van der Waals surface area contributed by atoms with Crippen LogP contribution >= 0.6 is 0 Å². The van der Waals surface area contributed by atoms with E-state index in [9.17, 15) is 0 Å². The van der Waals surface area contributed by atoms with E-state index >= 15 is 0 Å². The maximum atomic E-state index is 2.48. The smallest absolute Gasteiger partial charge is 0.0483 e.